The molecule has 14 heavy (non-hydrogen) atoms. The highest BCUT2D eigenvalue weighted by atomic mass is 16.5. The molecular weight excluding hydrogens is 186 g/mol. The number of carbonyl (C=O) groups is 2. The first kappa shape index (κ1) is 12.2. The third-order valence-electron chi connectivity index (χ3n) is 1.41. The summed E-state index contributed by atoms with van der Waals surface area (Å²) in [4.78, 5) is 20.9. The molecule has 0 radical (unpaired) electrons. The topological polar surface area (TPSA) is 87.4 Å². The lowest BCUT2D eigenvalue weighted by Crippen LogP contribution is -2.06. The van der Waals surface area contributed by atoms with Crippen LogP contribution in [-0.4, -0.2) is 23.7 Å². The monoisotopic (exact) mass is 197 g/mol. The van der Waals surface area contributed by atoms with Crippen molar-refractivity contribution in [2.75, 3.05) is 6.61 Å². The van der Waals surface area contributed by atoms with E-state index in [1.807, 2.05) is 0 Å². The maximum atomic E-state index is 10.6. The van der Waals surface area contributed by atoms with E-state index < -0.39 is 11.9 Å². The second-order valence-corrected chi connectivity index (χ2v) is 2.57. The number of carboxylic acid groups (broad SMARTS) is 1. The van der Waals surface area contributed by atoms with Crippen molar-refractivity contribution in [3.05, 3.63) is 12.2 Å². The van der Waals surface area contributed by atoms with E-state index >= 15 is 0 Å². The molecule has 0 aliphatic heterocycles. The smallest absolute Gasteiger partial charge is 0.330 e. The van der Waals surface area contributed by atoms with E-state index in [1.54, 1.807) is 6.07 Å². The molecule has 0 aromatic carbocycles. The Labute approximate surface area is 81.6 Å². The number of nitriles is 1. The zero-order chi connectivity index (χ0) is 11.0. The standard InChI is InChI=1S/C9H11NO4/c1-7(9(12)13)3-2-6-14-8(11)4-5-10/h1-4,6H2,(H,12,13). The summed E-state index contributed by atoms with van der Waals surface area (Å²) in [6.45, 7) is 3.43. The van der Waals surface area contributed by atoms with Crippen LogP contribution in [0.15, 0.2) is 12.2 Å². The van der Waals surface area contributed by atoms with Gasteiger partial charge in [0.15, 0.2) is 0 Å². The summed E-state index contributed by atoms with van der Waals surface area (Å²) in [6, 6.07) is 1.65. The number of hydrogen-bond donors (Lipinski definition) is 1. The Morgan fingerprint density at radius 2 is 2.14 bits per heavy atom. The normalized spacial score (nSPS) is 8.79. The number of aliphatic carboxylic acids is 1. The van der Waals surface area contributed by atoms with Gasteiger partial charge < -0.3 is 9.84 Å². The predicted molar refractivity (Wildman–Crippen MR) is 47.2 cm³/mol. The van der Waals surface area contributed by atoms with Crippen molar-refractivity contribution in [1.29, 1.82) is 5.26 Å². The Bertz CT molecular complexity index is 277. The van der Waals surface area contributed by atoms with E-state index in [1.165, 1.54) is 0 Å². The van der Waals surface area contributed by atoms with Gasteiger partial charge in [0, 0.05) is 5.57 Å². The fraction of sp³-hybridized carbons (Fsp3) is 0.444. The van der Waals surface area contributed by atoms with Gasteiger partial charge in [0.05, 0.1) is 12.7 Å². The zero-order valence-electron chi connectivity index (χ0n) is 7.65. The number of carbonyl (C=O) groups excluding carboxylic acids is 1. The molecular formula is C9H11NO4. The fourth-order valence-electron chi connectivity index (χ4n) is 0.694. The first-order chi connectivity index (χ1) is 6.57. The van der Waals surface area contributed by atoms with Crippen LogP contribution in [0.4, 0.5) is 0 Å². The van der Waals surface area contributed by atoms with E-state index in [4.69, 9.17) is 10.4 Å². The highest BCUT2D eigenvalue weighted by Gasteiger charge is 2.04. The highest BCUT2D eigenvalue weighted by molar-refractivity contribution is 5.85. The quantitative estimate of drug-likeness (QED) is 0.387. The molecule has 0 aliphatic rings. The van der Waals surface area contributed by atoms with Crippen LogP contribution < -0.4 is 0 Å². The van der Waals surface area contributed by atoms with Crippen LogP contribution >= 0.6 is 0 Å². The van der Waals surface area contributed by atoms with Crippen molar-refractivity contribution in [2.45, 2.75) is 19.3 Å². The molecule has 0 aliphatic carbocycles. The van der Waals surface area contributed by atoms with Crippen LogP contribution in [0.25, 0.3) is 0 Å². The van der Waals surface area contributed by atoms with Gasteiger partial charge in [0.1, 0.15) is 6.42 Å². The molecule has 0 aromatic rings. The molecule has 0 aromatic heterocycles. The number of ether oxygens (including phenoxy) is 1. The summed E-state index contributed by atoms with van der Waals surface area (Å²) in [7, 11) is 0. The van der Waals surface area contributed by atoms with Gasteiger partial charge in [0.25, 0.3) is 0 Å². The van der Waals surface area contributed by atoms with Crippen LogP contribution in [0.2, 0.25) is 0 Å². The molecule has 0 fully saturated rings. The SMILES string of the molecule is C=C(CCCOC(=O)CC#N)C(=O)O. The summed E-state index contributed by atoms with van der Waals surface area (Å²) in [5.41, 5.74) is 0.0846. The summed E-state index contributed by atoms with van der Waals surface area (Å²) < 4.78 is 4.62. The maximum Gasteiger partial charge on any atom is 0.330 e. The van der Waals surface area contributed by atoms with Gasteiger partial charge in [0.2, 0.25) is 0 Å². The van der Waals surface area contributed by atoms with Gasteiger partial charge in [-0.25, -0.2) is 4.79 Å². The van der Waals surface area contributed by atoms with Gasteiger partial charge in [-0.05, 0) is 12.8 Å². The number of hydrogen-bond acceptors (Lipinski definition) is 4. The maximum absolute atomic E-state index is 10.6. The first-order valence-electron chi connectivity index (χ1n) is 4.01. The van der Waals surface area contributed by atoms with Crippen molar-refractivity contribution >= 4 is 11.9 Å². The molecule has 1 N–H and O–H groups in total. The average molecular weight is 197 g/mol. The van der Waals surface area contributed by atoms with Gasteiger partial charge in [-0.1, -0.05) is 6.58 Å². The van der Waals surface area contributed by atoms with E-state index in [9.17, 15) is 9.59 Å². The molecule has 0 spiro atoms. The Morgan fingerprint density at radius 3 is 2.64 bits per heavy atom. The molecule has 0 amide bonds. The van der Waals surface area contributed by atoms with Crippen LogP contribution in [0, 0.1) is 11.3 Å². The average Bonchev–Trinajstić information content (AvgIpc) is 2.12. The minimum atomic E-state index is -1.05. The van der Waals surface area contributed by atoms with E-state index in [0.29, 0.717) is 6.42 Å². The van der Waals surface area contributed by atoms with Gasteiger partial charge >= 0.3 is 11.9 Å². The highest BCUT2D eigenvalue weighted by Crippen LogP contribution is 2.02. The van der Waals surface area contributed by atoms with E-state index in [-0.39, 0.29) is 25.0 Å². The Hall–Kier alpha value is -1.83. The molecule has 0 bridgehead atoms. The van der Waals surface area contributed by atoms with E-state index in [2.05, 4.69) is 11.3 Å². The second-order valence-electron chi connectivity index (χ2n) is 2.57. The summed E-state index contributed by atoms with van der Waals surface area (Å²) in [5.74, 6) is -1.64. The van der Waals surface area contributed by atoms with Crippen molar-refractivity contribution < 1.29 is 19.4 Å². The first-order valence-corrected chi connectivity index (χ1v) is 4.01. The number of nitrogens with zero attached hydrogens (tertiary/aromatic N) is 1. The van der Waals surface area contributed by atoms with Gasteiger partial charge in [-0.2, -0.15) is 5.26 Å². The second kappa shape index (κ2) is 6.66. The van der Waals surface area contributed by atoms with E-state index in [0.717, 1.165) is 0 Å². The zero-order valence-corrected chi connectivity index (χ0v) is 7.65. The third-order valence-corrected chi connectivity index (χ3v) is 1.41. The molecule has 5 nitrogen and oxygen atoms in total. The summed E-state index contributed by atoms with van der Waals surface area (Å²) in [6.07, 6.45) is 0.400. The van der Waals surface area contributed by atoms with Crippen molar-refractivity contribution in [3.63, 3.8) is 0 Å². The Kier molecular flexibility index (Phi) is 5.79. The minimum Gasteiger partial charge on any atom is -0.478 e. The molecule has 0 atom stereocenters. The largest absolute Gasteiger partial charge is 0.478 e. The lowest BCUT2D eigenvalue weighted by Gasteiger charge is -2.01. The van der Waals surface area contributed by atoms with Crippen LogP contribution in [0.5, 0.6) is 0 Å². The Balaban J connectivity index is 3.48. The van der Waals surface area contributed by atoms with Crippen molar-refractivity contribution in [3.8, 4) is 6.07 Å². The molecule has 5 heteroatoms. The lowest BCUT2D eigenvalue weighted by atomic mass is 10.2. The van der Waals surface area contributed by atoms with Crippen LogP contribution in [0.3, 0.4) is 0 Å². The molecule has 76 valence electrons. The Morgan fingerprint density at radius 1 is 1.50 bits per heavy atom. The molecule has 0 saturated carbocycles. The lowest BCUT2D eigenvalue weighted by molar-refractivity contribution is -0.142. The number of carboxylic acids is 1. The summed E-state index contributed by atoms with van der Waals surface area (Å²) in [5, 5.41) is 16.5. The van der Waals surface area contributed by atoms with Crippen LogP contribution in [0.1, 0.15) is 19.3 Å². The van der Waals surface area contributed by atoms with Crippen molar-refractivity contribution in [1.82, 2.24) is 0 Å². The molecule has 0 saturated heterocycles. The minimum absolute atomic E-state index is 0.0846. The van der Waals surface area contributed by atoms with Gasteiger partial charge in [-0.3, -0.25) is 4.79 Å². The third kappa shape index (κ3) is 5.77. The number of esters is 1. The van der Waals surface area contributed by atoms with Crippen molar-refractivity contribution in [2.24, 2.45) is 0 Å². The van der Waals surface area contributed by atoms with Gasteiger partial charge in [-0.15, -0.1) is 0 Å². The summed E-state index contributed by atoms with van der Waals surface area (Å²) >= 11 is 0. The predicted octanol–water partition coefficient (Wildman–Crippen LogP) is 0.864. The molecule has 0 unspecified atom stereocenters. The molecule has 0 heterocycles. The molecule has 0 rings (SSSR count). The number of rotatable bonds is 6. The fourth-order valence-corrected chi connectivity index (χ4v) is 0.694. The van der Waals surface area contributed by atoms with Crippen LogP contribution in [-0.2, 0) is 14.3 Å².